The number of aromatic nitrogens is 3. The van der Waals surface area contributed by atoms with Crippen LogP contribution in [0, 0.1) is 5.92 Å². The fourth-order valence-corrected chi connectivity index (χ4v) is 4.03. The van der Waals surface area contributed by atoms with Gasteiger partial charge in [-0.25, -0.2) is 4.68 Å². The summed E-state index contributed by atoms with van der Waals surface area (Å²) in [5.41, 5.74) is 2.04. The van der Waals surface area contributed by atoms with E-state index in [2.05, 4.69) is 10.1 Å². The van der Waals surface area contributed by atoms with E-state index >= 15 is 0 Å². The monoisotopic (exact) mass is 406 g/mol. The third kappa shape index (κ3) is 3.40. The second-order valence-corrected chi connectivity index (χ2v) is 7.65. The summed E-state index contributed by atoms with van der Waals surface area (Å²) in [5, 5.41) is 4.47. The fourth-order valence-electron chi connectivity index (χ4n) is 4.03. The van der Waals surface area contributed by atoms with Crippen LogP contribution in [-0.2, 0) is 4.79 Å². The van der Waals surface area contributed by atoms with Crippen LogP contribution in [0.2, 0.25) is 0 Å². The zero-order valence-corrected chi connectivity index (χ0v) is 17.6. The van der Waals surface area contributed by atoms with E-state index in [1.165, 1.54) is 6.33 Å². The maximum atomic E-state index is 13.2. The summed E-state index contributed by atoms with van der Waals surface area (Å²) >= 11 is 0. The summed E-state index contributed by atoms with van der Waals surface area (Å²) in [6.07, 6.45) is 2.16. The molecule has 0 saturated carbocycles. The van der Waals surface area contributed by atoms with Gasteiger partial charge in [-0.15, -0.1) is 0 Å². The van der Waals surface area contributed by atoms with E-state index in [-0.39, 0.29) is 23.9 Å². The Morgan fingerprint density at radius 3 is 2.43 bits per heavy atom. The summed E-state index contributed by atoms with van der Waals surface area (Å²) in [4.78, 5) is 19.5. The minimum absolute atomic E-state index is 0.0172. The normalized spacial score (nSPS) is 18.2. The average Bonchev–Trinajstić information content (AvgIpc) is 3.27. The molecule has 0 spiro atoms. The predicted octanol–water partition coefficient (Wildman–Crippen LogP) is 4.02. The van der Waals surface area contributed by atoms with Gasteiger partial charge in [-0.05, 0) is 30.2 Å². The lowest BCUT2D eigenvalue weighted by Gasteiger charge is -2.40. The Bertz CT molecular complexity index is 1030. The van der Waals surface area contributed by atoms with Crippen LogP contribution in [0.15, 0.2) is 54.9 Å². The maximum absolute atomic E-state index is 13.2. The van der Waals surface area contributed by atoms with Crippen LogP contribution in [0.5, 0.6) is 11.5 Å². The van der Waals surface area contributed by atoms with Gasteiger partial charge < -0.3 is 9.47 Å². The van der Waals surface area contributed by atoms with Crippen LogP contribution in [0.1, 0.15) is 43.5 Å². The first-order chi connectivity index (χ1) is 14.5. The molecule has 3 aromatic rings. The van der Waals surface area contributed by atoms with Crippen molar-refractivity contribution in [1.29, 1.82) is 0 Å². The number of anilines is 1. The molecule has 1 amide bonds. The van der Waals surface area contributed by atoms with Crippen LogP contribution in [0.4, 0.5) is 5.95 Å². The van der Waals surface area contributed by atoms with Gasteiger partial charge in [0, 0.05) is 11.5 Å². The SMILES string of the molecule is COc1ccc([C@H]2C[C@@H](c3ccccc3OC)n3ncnc3N2C(=O)C(C)C)cc1. The first kappa shape index (κ1) is 19.9. The van der Waals surface area contributed by atoms with E-state index in [1.54, 1.807) is 19.1 Å². The number of carbonyl (C=O) groups excluding carboxylic acids is 1. The van der Waals surface area contributed by atoms with E-state index in [4.69, 9.17) is 9.47 Å². The Hall–Kier alpha value is -3.35. The molecule has 2 atom stereocenters. The lowest BCUT2D eigenvalue weighted by molar-refractivity contribution is -0.122. The molecule has 0 bridgehead atoms. The Labute approximate surface area is 176 Å². The number of amides is 1. The molecule has 0 saturated heterocycles. The molecule has 156 valence electrons. The second kappa shape index (κ2) is 8.18. The first-order valence-electron chi connectivity index (χ1n) is 10.0. The quantitative estimate of drug-likeness (QED) is 0.640. The Morgan fingerprint density at radius 2 is 1.77 bits per heavy atom. The summed E-state index contributed by atoms with van der Waals surface area (Å²) in [6, 6.07) is 15.5. The van der Waals surface area contributed by atoms with Crippen LogP contribution in [0.25, 0.3) is 0 Å². The summed E-state index contributed by atoms with van der Waals surface area (Å²) in [5.74, 6) is 1.97. The summed E-state index contributed by atoms with van der Waals surface area (Å²) < 4.78 is 12.8. The van der Waals surface area contributed by atoms with Crippen molar-refractivity contribution >= 4 is 11.9 Å². The van der Waals surface area contributed by atoms with Gasteiger partial charge in [0.05, 0.1) is 26.3 Å². The molecule has 1 aliphatic rings. The number of hydrogen-bond donors (Lipinski definition) is 0. The molecule has 0 radical (unpaired) electrons. The lowest BCUT2D eigenvalue weighted by Crippen LogP contribution is -2.44. The van der Waals surface area contributed by atoms with Crippen molar-refractivity contribution in [2.24, 2.45) is 5.92 Å². The topological polar surface area (TPSA) is 69.5 Å². The first-order valence-corrected chi connectivity index (χ1v) is 10.0. The van der Waals surface area contributed by atoms with Crippen LogP contribution in [-0.4, -0.2) is 34.9 Å². The zero-order chi connectivity index (χ0) is 21.3. The third-order valence-corrected chi connectivity index (χ3v) is 5.55. The van der Waals surface area contributed by atoms with E-state index in [0.717, 1.165) is 22.6 Å². The number of benzene rings is 2. The van der Waals surface area contributed by atoms with Gasteiger partial charge >= 0.3 is 0 Å². The lowest BCUT2D eigenvalue weighted by atomic mass is 9.90. The van der Waals surface area contributed by atoms with Crippen LogP contribution < -0.4 is 14.4 Å². The van der Waals surface area contributed by atoms with Gasteiger partial charge in [-0.2, -0.15) is 10.1 Å². The van der Waals surface area contributed by atoms with Gasteiger partial charge in [0.2, 0.25) is 11.9 Å². The summed E-state index contributed by atoms with van der Waals surface area (Å²) in [6.45, 7) is 3.81. The zero-order valence-electron chi connectivity index (χ0n) is 17.6. The number of nitrogens with zero attached hydrogens (tertiary/aromatic N) is 4. The molecule has 0 aliphatic carbocycles. The number of fused-ring (bicyclic) bond motifs is 1. The molecule has 1 aliphatic heterocycles. The van der Waals surface area contributed by atoms with Gasteiger partial charge in [0.25, 0.3) is 0 Å². The molecule has 4 rings (SSSR count). The van der Waals surface area contributed by atoms with E-state index in [0.29, 0.717) is 12.4 Å². The summed E-state index contributed by atoms with van der Waals surface area (Å²) in [7, 11) is 3.31. The van der Waals surface area contributed by atoms with Gasteiger partial charge in [-0.3, -0.25) is 9.69 Å². The van der Waals surface area contributed by atoms with E-state index in [1.807, 2.05) is 67.1 Å². The average molecular weight is 406 g/mol. The highest BCUT2D eigenvalue weighted by molar-refractivity contribution is 5.94. The highest BCUT2D eigenvalue weighted by atomic mass is 16.5. The van der Waals surface area contributed by atoms with Gasteiger partial charge in [-0.1, -0.05) is 44.2 Å². The van der Waals surface area contributed by atoms with Crippen molar-refractivity contribution in [2.45, 2.75) is 32.4 Å². The molecule has 1 aromatic heterocycles. The third-order valence-electron chi connectivity index (χ3n) is 5.55. The highest BCUT2D eigenvalue weighted by Gasteiger charge is 2.40. The van der Waals surface area contributed by atoms with Crippen molar-refractivity contribution in [1.82, 2.24) is 14.8 Å². The molecular formula is C23H26N4O3. The standard InChI is InChI=1S/C23H26N4O3/c1-15(2)22(28)26-19(16-9-11-17(29-3)12-10-16)13-20(27-23(26)24-14-25-27)18-7-5-6-8-21(18)30-4/h5-12,14-15,19-20H,13H2,1-4H3/t19-,20+/m1/s1. The molecule has 0 fully saturated rings. The number of ether oxygens (including phenoxy) is 2. The highest BCUT2D eigenvalue weighted by Crippen LogP contribution is 2.44. The number of carbonyl (C=O) groups is 1. The van der Waals surface area contributed by atoms with Crippen molar-refractivity contribution < 1.29 is 14.3 Å². The van der Waals surface area contributed by atoms with Gasteiger partial charge in [0.15, 0.2) is 0 Å². The molecule has 7 heteroatoms. The Morgan fingerprint density at radius 1 is 1.03 bits per heavy atom. The Balaban J connectivity index is 1.85. The van der Waals surface area contributed by atoms with Crippen molar-refractivity contribution in [3.63, 3.8) is 0 Å². The van der Waals surface area contributed by atoms with E-state index in [9.17, 15) is 4.79 Å². The molecule has 2 aromatic carbocycles. The molecule has 0 N–H and O–H groups in total. The van der Waals surface area contributed by atoms with Crippen molar-refractivity contribution in [3.8, 4) is 11.5 Å². The van der Waals surface area contributed by atoms with E-state index < -0.39 is 0 Å². The Kier molecular flexibility index (Phi) is 5.44. The second-order valence-electron chi connectivity index (χ2n) is 7.65. The maximum Gasteiger partial charge on any atom is 0.232 e. The minimum Gasteiger partial charge on any atom is -0.497 e. The molecular weight excluding hydrogens is 380 g/mol. The molecule has 0 unspecified atom stereocenters. The van der Waals surface area contributed by atoms with Crippen LogP contribution in [0.3, 0.4) is 0 Å². The van der Waals surface area contributed by atoms with Crippen molar-refractivity contribution in [3.05, 3.63) is 66.0 Å². The number of methoxy groups -OCH3 is 2. The fraction of sp³-hybridized carbons (Fsp3) is 0.348. The van der Waals surface area contributed by atoms with Gasteiger partial charge in [0.1, 0.15) is 17.8 Å². The van der Waals surface area contributed by atoms with Crippen molar-refractivity contribution in [2.75, 3.05) is 19.1 Å². The number of hydrogen-bond acceptors (Lipinski definition) is 5. The molecule has 2 heterocycles. The number of rotatable bonds is 5. The number of para-hydroxylation sites is 1. The minimum atomic E-state index is -0.183. The largest absolute Gasteiger partial charge is 0.497 e. The predicted molar refractivity (Wildman–Crippen MR) is 114 cm³/mol. The molecule has 7 nitrogen and oxygen atoms in total. The van der Waals surface area contributed by atoms with Crippen LogP contribution >= 0.6 is 0 Å². The smallest absolute Gasteiger partial charge is 0.232 e. The molecule has 30 heavy (non-hydrogen) atoms.